The summed E-state index contributed by atoms with van der Waals surface area (Å²) in [6.45, 7) is 1.95. The number of hydrogen-bond donors (Lipinski definition) is 1. The molecule has 0 unspecified atom stereocenters. The summed E-state index contributed by atoms with van der Waals surface area (Å²) >= 11 is 1.33. The van der Waals surface area contributed by atoms with Gasteiger partial charge in [0, 0.05) is 28.7 Å². The highest BCUT2D eigenvalue weighted by Crippen LogP contribution is 2.21. The monoisotopic (exact) mass is 393 g/mol. The lowest BCUT2D eigenvalue weighted by molar-refractivity contribution is -0.116. The lowest BCUT2D eigenvalue weighted by Crippen LogP contribution is -2.21. The topological polar surface area (TPSA) is 64.0 Å². The average Bonchev–Trinajstić information content (AvgIpc) is 3.17. The number of amides is 1. The number of halogens is 1. The Kier molecular flexibility index (Phi) is 4.75. The fourth-order valence-electron chi connectivity index (χ4n) is 3.06. The molecule has 5 nitrogen and oxygen atoms in total. The van der Waals surface area contributed by atoms with E-state index in [4.69, 9.17) is 0 Å². The number of benzene rings is 2. The first-order chi connectivity index (χ1) is 13.5. The maximum atomic E-state index is 13.3. The summed E-state index contributed by atoms with van der Waals surface area (Å²) in [6.07, 6.45) is 3.27. The third-order valence-electron chi connectivity index (χ3n) is 4.38. The fourth-order valence-corrected chi connectivity index (χ4v) is 3.61. The van der Waals surface area contributed by atoms with Crippen molar-refractivity contribution in [3.8, 4) is 11.1 Å². The van der Waals surface area contributed by atoms with Gasteiger partial charge >= 0.3 is 0 Å². The summed E-state index contributed by atoms with van der Waals surface area (Å²) < 4.78 is 15.0. The van der Waals surface area contributed by atoms with Crippen LogP contribution in [0.25, 0.3) is 22.0 Å². The standard InChI is InChI=1S/C21H16FN3O2S/c1-13-2-7-16-18(10-13)25(12-19(26)24-21-23-8-9-28-21)11-17(20(16)27)14-3-5-15(22)6-4-14/h2-11H,12H2,1H3,(H,23,24,26). The quantitative estimate of drug-likeness (QED) is 0.565. The zero-order valence-electron chi connectivity index (χ0n) is 15.0. The molecule has 0 atom stereocenters. The van der Waals surface area contributed by atoms with Gasteiger partial charge in [-0.3, -0.25) is 9.59 Å². The maximum Gasteiger partial charge on any atom is 0.246 e. The molecule has 0 spiro atoms. The second kappa shape index (κ2) is 7.36. The summed E-state index contributed by atoms with van der Waals surface area (Å²) in [5.41, 5.74) is 2.51. The van der Waals surface area contributed by atoms with E-state index in [1.807, 2.05) is 19.1 Å². The number of carbonyl (C=O) groups excluding carboxylic acids is 1. The van der Waals surface area contributed by atoms with Crippen molar-refractivity contribution in [2.75, 3.05) is 5.32 Å². The van der Waals surface area contributed by atoms with Gasteiger partial charge in [0.05, 0.1) is 5.52 Å². The van der Waals surface area contributed by atoms with Crippen molar-refractivity contribution in [1.82, 2.24) is 9.55 Å². The molecule has 0 aliphatic heterocycles. The molecule has 2 aromatic heterocycles. The largest absolute Gasteiger partial charge is 0.337 e. The number of aryl methyl sites for hydroxylation is 1. The number of thiazole rings is 1. The number of hydrogen-bond acceptors (Lipinski definition) is 4. The SMILES string of the molecule is Cc1ccc2c(=O)c(-c3ccc(F)cc3)cn(CC(=O)Nc3nccs3)c2c1. The number of fused-ring (bicyclic) bond motifs is 1. The normalized spacial score (nSPS) is 10.9. The zero-order chi connectivity index (χ0) is 19.7. The summed E-state index contributed by atoms with van der Waals surface area (Å²) in [6, 6.07) is 11.2. The Morgan fingerprint density at radius 3 is 2.71 bits per heavy atom. The number of nitrogens with zero attached hydrogens (tertiary/aromatic N) is 2. The van der Waals surface area contributed by atoms with Crippen LogP contribution in [0.15, 0.2) is 65.0 Å². The molecule has 1 amide bonds. The van der Waals surface area contributed by atoms with E-state index in [0.717, 1.165) is 5.56 Å². The Morgan fingerprint density at radius 2 is 2.00 bits per heavy atom. The van der Waals surface area contributed by atoms with Gasteiger partial charge in [0.2, 0.25) is 5.91 Å². The number of rotatable bonds is 4. The van der Waals surface area contributed by atoms with Gasteiger partial charge in [0.25, 0.3) is 0 Å². The minimum atomic E-state index is -0.372. The number of aromatic nitrogens is 2. The molecule has 0 saturated heterocycles. The highest BCUT2D eigenvalue weighted by molar-refractivity contribution is 7.13. The van der Waals surface area contributed by atoms with Crippen molar-refractivity contribution in [3.63, 3.8) is 0 Å². The molecular formula is C21H16FN3O2S. The summed E-state index contributed by atoms with van der Waals surface area (Å²) in [7, 11) is 0. The number of pyridine rings is 1. The smallest absolute Gasteiger partial charge is 0.246 e. The first-order valence-corrected chi connectivity index (χ1v) is 9.48. The Morgan fingerprint density at radius 1 is 1.21 bits per heavy atom. The lowest BCUT2D eigenvalue weighted by atomic mass is 10.0. The molecule has 0 radical (unpaired) electrons. The van der Waals surface area contributed by atoms with Crippen LogP contribution >= 0.6 is 11.3 Å². The van der Waals surface area contributed by atoms with E-state index in [2.05, 4.69) is 10.3 Å². The van der Waals surface area contributed by atoms with E-state index in [1.165, 1.54) is 23.5 Å². The van der Waals surface area contributed by atoms with E-state index >= 15 is 0 Å². The molecule has 0 aliphatic carbocycles. The molecule has 2 heterocycles. The third kappa shape index (κ3) is 3.57. The van der Waals surface area contributed by atoms with E-state index < -0.39 is 0 Å². The molecule has 4 aromatic rings. The van der Waals surface area contributed by atoms with E-state index in [9.17, 15) is 14.0 Å². The fraction of sp³-hybridized carbons (Fsp3) is 0.0952. The van der Waals surface area contributed by atoms with Crippen molar-refractivity contribution in [3.05, 3.63) is 81.8 Å². The molecular weight excluding hydrogens is 377 g/mol. The van der Waals surface area contributed by atoms with Crippen LogP contribution in [0, 0.1) is 12.7 Å². The van der Waals surface area contributed by atoms with Crippen LogP contribution in [0.1, 0.15) is 5.56 Å². The van der Waals surface area contributed by atoms with E-state index in [-0.39, 0.29) is 23.7 Å². The minimum Gasteiger partial charge on any atom is -0.337 e. The summed E-state index contributed by atoms with van der Waals surface area (Å²) in [4.78, 5) is 29.5. The van der Waals surface area contributed by atoms with Crippen LogP contribution < -0.4 is 10.7 Å². The van der Waals surface area contributed by atoms with Gasteiger partial charge in [-0.15, -0.1) is 11.3 Å². The molecule has 140 valence electrons. The second-order valence-electron chi connectivity index (χ2n) is 6.41. The molecule has 28 heavy (non-hydrogen) atoms. The van der Waals surface area contributed by atoms with E-state index in [0.29, 0.717) is 27.2 Å². The zero-order valence-corrected chi connectivity index (χ0v) is 15.8. The molecule has 0 bridgehead atoms. The maximum absolute atomic E-state index is 13.3. The van der Waals surface area contributed by atoms with Crippen LogP contribution in [0.5, 0.6) is 0 Å². The van der Waals surface area contributed by atoms with Crippen LogP contribution in [0.2, 0.25) is 0 Å². The van der Waals surface area contributed by atoms with Gasteiger partial charge in [-0.2, -0.15) is 0 Å². The molecule has 1 N–H and O–H groups in total. The average molecular weight is 393 g/mol. The highest BCUT2D eigenvalue weighted by Gasteiger charge is 2.14. The van der Waals surface area contributed by atoms with Gasteiger partial charge < -0.3 is 9.88 Å². The van der Waals surface area contributed by atoms with Crippen molar-refractivity contribution >= 4 is 33.3 Å². The third-order valence-corrected chi connectivity index (χ3v) is 5.07. The molecule has 0 aliphatic rings. The summed E-state index contributed by atoms with van der Waals surface area (Å²) in [5.74, 6) is -0.616. The highest BCUT2D eigenvalue weighted by atomic mass is 32.1. The van der Waals surface area contributed by atoms with Crippen LogP contribution in [0.3, 0.4) is 0 Å². The number of anilines is 1. The Hall–Kier alpha value is -3.32. The van der Waals surface area contributed by atoms with Gasteiger partial charge in [0.1, 0.15) is 12.4 Å². The summed E-state index contributed by atoms with van der Waals surface area (Å²) in [5, 5.41) is 5.56. The van der Waals surface area contributed by atoms with Gasteiger partial charge in [-0.05, 0) is 42.3 Å². The van der Waals surface area contributed by atoms with Crippen molar-refractivity contribution in [2.45, 2.75) is 13.5 Å². The first kappa shape index (κ1) is 18.1. The Balaban J connectivity index is 1.82. The number of carbonyl (C=O) groups is 1. The molecule has 0 fully saturated rings. The Bertz CT molecular complexity index is 1220. The Labute approximate surface area is 164 Å². The van der Waals surface area contributed by atoms with Crippen molar-refractivity contribution in [1.29, 1.82) is 0 Å². The molecule has 2 aromatic carbocycles. The first-order valence-electron chi connectivity index (χ1n) is 8.60. The number of nitrogens with one attached hydrogen (secondary N) is 1. The van der Waals surface area contributed by atoms with Gasteiger partial charge in [0.15, 0.2) is 10.6 Å². The van der Waals surface area contributed by atoms with Crippen LogP contribution in [0.4, 0.5) is 9.52 Å². The van der Waals surface area contributed by atoms with E-state index in [1.54, 1.807) is 40.5 Å². The second-order valence-corrected chi connectivity index (χ2v) is 7.31. The van der Waals surface area contributed by atoms with Gasteiger partial charge in [-0.1, -0.05) is 18.2 Å². The van der Waals surface area contributed by atoms with Crippen LogP contribution in [-0.4, -0.2) is 15.5 Å². The minimum absolute atomic E-state index is 0.0218. The molecule has 4 rings (SSSR count). The van der Waals surface area contributed by atoms with Crippen molar-refractivity contribution < 1.29 is 9.18 Å². The molecule has 7 heteroatoms. The molecule has 0 saturated carbocycles. The predicted molar refractivity (Wildman–Crippen MR) is 109 cm³/mol. The van der Waals surface area contributed by atoms with Crippen molar-refractivity contribution in [2.24, 2.45) is 0 Å². The lowest BCUT2D eigenvalue weighted by Gasteiger charge is -2.14. The van der Waals surface area contributed by atoms with Gasteiger partial charge in [-0.25, -0.2) is 9.37 Å². The van der Waals surface area contributed by atoms with Crippen LogP contribution in [-0.2, 0) is 11.3 Å². The predicted octanol–water partition coefficient (Wildman–Crippen LogP) is 4.21.